The van der Waals surface area contributed by atoms with E-state index in [1.807, 2.05) is 24.6 Å². The van der Waals surface area contributed by atoms with E-state index in [9.17, 15) is 0 Å². The van der Waals surface area contributed by atoms with E-state index in [1.54, 1.807) is 11.3 Å². The first kappa shape index (κ1) is 13.3. The molecule has 0 atom stereocenters. The first-order chi connectivity index (χ1) is 10.7. The minimum Gasteiger partial charge on any atom is -0.256 e. The average molecular weight is 309 g/mol. The Morgan fingerprint density at radius 2 is 2.00 bits per heavy atom. The first-order valence-electron chi connectivity index (χ1n) is 7.22. The molecule has 22 heavy (non-hydrogen) atoms. The second-order valence-electron chi connectivity index (χ2n) is 5.37. The van der Waals surface area contributed by atoms with E-state index in [0.717, 1.165) is 46.2 Å². The lowest BCUT2D eigenvalue weighted by Gasteiger charge is -1.98. The van der Waals surface area contributed by atoms with E-state index in [0.29, 0.717) is 0 Å². The molecule has 0 aliphatic rings. The van der Waals surface area contributed by atoms with Crippen molar-refractivity contribution in [2.24, 2.45) is 0 Å². The summed E-state index contributed by atoms with van der Waals surface area (Å²) in [4.78, 5) is 14.7. The number of aryl methyl sites for hydroxylation is 4. The summed E-state index contributed by atoms with van der Waals surface area (Å²) in [5.41, 5.74) is 3.83. The summed E-state index contributed by atoms with van der Waals surface area (Å²) in [6, 6.07) is 6.31. The molecule has 110 valence electrons. The molecule has 0 unspecified atom stereocenters. The van der Waals surface area contributed by atoms with Crippen LogP contribution in [-0.4, -0.2) is 24.6 Å². The van der Waals surface area contributed by atoms with Crippen molar-refractivity contribution in [3.63, 3.8) is 0 Å². The lowest BCUT2D eigenvalue weighted by atomic mass is 10.2. The molecular weight excluding hydrogens is 294 g/mol. The van der Waals surface area contributed by atoms with Crippen LogP contribution in [0, 0.1) is 13.8 Å². The van der Waals surface area contributed by atoms with E-state index in [4.69, 9.17) is 0 Å². The van der Waals surface area contributed by atoms with Gasteiger partial charge in [0.25, 0.3) is 0 Å². The number of thiophene rings is 1. The van der Waals surface area contributed by atoms with Crippen LogP contribution in [0.2, 0.25) is 0 Å². The summed E-state index contributed by atoms with van der Waals surface area (Å²) < 4.78 is 1.87. The van der Waals surface area contributed by atoms with Crippen LogP contribution in [0.1, 0.15) is 22.9 Å². The van der Waals surface area contributed by atoms with Gasteiger partial charge in [-0.25, -0.2) is 14.5 Å². The second-order valence-corrected chi connectivity index (χ2v) is 6.26. The van der Waals surface area contributed by atoms with Crippen molar-refractivity contribution >= 4 is 27.2 Å². The van der Waals surface area contributed by atoms with Gasteiger partial charge in [0.2, 0.25) is 0 Å². The zero-order valence-corrected chi connectivity index (χ0v) is 13.3. The van der Waals surface area contributed by atoms with Crippen molar-refractivity contribution in [1.29, 1.82) is 0 Å². The van der Waals surface area contributed by atoms with Crippen molar-refractivity contribution in [3.05, 3.63) is 52.7 Å². The SMILES string of the molecule is Cc1ncc(C)n2nc(CCc3ccc4ccsc4n3)nc12. The highest BCUT2D eigenvalue weighted by atomic mass is 32.1. The molecule has 6 heteroatoms. The van der Waals surface area contributed by atoms with E-state index >= 15 is 0 Å². The van der Waals surface area contributed by atoms with Gasteiger partial charge >= 0.3 is 0 Å². The van der Waals surface area contributed by atoms with Crippen molar-refractivity contribution in [2.75, 3.05) is 0 Å². The molecule has 0 N–H and O–H groups in total. The van der Waals surface area contributed by atoms with Crippen molar-refractivity contribution in [3.8, 4) is 0 Å². The Kier molecular flexibility index (Phi) is 3.11. The molecule has 0 radical (unpaired) electrons. The number of fused-ring (bicyclic) bond motifs is 2. The van der Waals surface area contributed by atoms with Crippen molar-refractivity contribution < 1.29 is 0 Å². The van der Waals surface area contributed by atoms with E-state index in [1.165, 1.54) is 5.39 Å². The fourth-order valence-electron chi connectivity index (χ4n) is 2.51. The van der Waals surface area contributed by atoms with Gasteiger partial charge in [0.15, 0.2) is 11.5 Å². The summed E-state index contributed by atoms with van der Waals surface area (Å²) in [6.45, 7) is 3.95. The van der Waals surface area contributed by atoms with Gasteiger partial charge in [-0.05, 0) is 37.8 Å². The Labute approximate surface area is 131 Å². The fourth-order valence-corrected chi connectivity index (χ4v) is 3.29. The third-order valence-electron chi connectivity index (χ3n) is 3.73. The quantitative estimate of drug-likeness (QED) is 0.583. The molecule has 4 rings (SSSR count). The van der Waals surface area contributed by atoms with Gasteiger partial charge in [0.1, 0.15) is 4.83 Å². The standard InChI is InChI=1S/C16H15N5S/c1-10-9-17-11(2)15-19-14(20-21(10)15)6-5-13-4-3-12-7-8-22-16(12)18-13/h3-4,7-9H,5-6H2,1-2H3. The fraction of sp³-hybridized carbons (Fsp3) is 0.250. The highest BCUT2D eigenvalue weighted by Gasteiger charge is 2.09. The molecule has 0 spiro atoms. The highest BCUT2D eigenvalue weighted by Crippen LogP contribution is 2.19. The van der Waals surface area contributed by atoms with Crippen LogP contribution < -0.4 is 0 Å². The minimum atomic E-state index is 0.782. The van der Waals surface area contributed by atoms with Crippen LogP contribution in [-0.2, 0) is 12.8 Å². The molecular formula is C16H15N5S. The molecule has 0 aliphatic heterocycles. The smallest absolute Gasteiger partial charge is 0.177 e. The van der Waals surface area contributed by atoms with Gasteiger partial charge in [-0.3, -0.25) is 4.98 Å². The lowest BCUT2D eigenvalue weighted by Crippen LogP contribution is -1.98. The van der Waals surface area contributed by atoms with E-state index in [2.05, 4.69) is 43.6 Å². The van der Waals surface area contributed by atoms with Gasteiger partial charge in [-0.15, -0.1) is 11.3 Å². The summed E-state index contributed by atoms with van der Waals surface area (Å²) in [5.74, 6) is 0.840. The van der Waals surface area contributed by atoms with Crippen LogP contribution in [0.15, 0.2) is 29.8 Å². The maximum absolute atomic E-state index is 4.68. The predicted octanol–water partition coefficient (Wildman–Crippen LogP) is 3.14. The monoisotopic (exact) mass is 309 g/mol. The Hall–Kier alpha value is -2.34. The number of hydrogen-bond donors (Lipinski definition) is 0. The molecule has 4 aromatic heterocycles. The second kappa shape index (κ2) is 5.14. The van der Waals surface area contributed by atoms with Gasteiger partial charge in [0, 0.05) is 23.7 Å². The number of aromatic nitrogens is 5. The van der Waals surface area contributed by atoms with Crippen molar-refractivity contribution in [1.82, 2.24) is 24.6 Å². The maximum atomic E-state index is 4.68. The largest absolute Gasteiger partial charge is 0.256 e. The van der Waals surface area contributed by atoms with Gasteiger partial charge < -0.3 is 0 Å². The molecule has 5 nitrogen and oxygen atoms in total. The third-order valence-corrected chi connectivity index (χ3v) is 4.56. The van der Waals surface area contributed by atoms with Crippen LogP contribution in [0.5, 0.6) is 0 Å². The molecule has 0 aromatic carbocycles. The van der Waals surface area contributed by atoms with Gasteiger partial charge in [-0.2, -0.15) is 5.10 Å². The zero-order chi connectivity index (χ0) is 15.1. The molecule has 0 saturated heterocycles. The number of rotatable bonds is 3. The Morgan fingerprint density at radius 3 is 2.86 bits per heavy atom. The predicted molar refractivity (Wildman–Crippen MR) is 87.3 cm³/mol. The Bertz CT molecular complexity index is 930. The lowest BCUT2D eigenvalue weighted by molar-refractivity contribution is 0.808. The van der Waals surface area contributed by atoms with Crippen LogP contribution >= 0.6 is 11.3 Å². The van der Waals surface area contributed by atoms with E-state index in [-0.39, 0.29) is 0 Å². The molecule has 0 amide bonds. The van der Waals surface area contributed by atoms with Crippen molar-refractivity contribution in [2.45, 2.75) is 26.7 Å². The third kappa shape index (κ3) is 2.25. The molecule has 0 aliphatic carbocycles. The Balaban J connectivity index is 1.60. The molecule has 4 heterocycles. The van der Waals surface area contributed by atoms with E-state index < -0.39 is 0 Å². The summed E-state index contributed by atoms with van der Waals surface area (Å²) in [7, 11) is 0. The highest BCUT2D eigenvalue weighted by molar-refractivity contribution is 7.16. The Morgan fingerprint density at radius 1 is 1.09 bits per heavy atom. The van der Waals surface area contributed by atoms with Crippen LogP contribution in [0.25, 0.3) is 15.9 Å². The normalized spacial score (nSPS) is 11.5. The minimum absolute atomic E-state index is 0.782. The molecule has 0 fully saturated rings. The molecule has 0 saturated carbocycles. The molecule has 4 aromatic rings. The molecule has 0 bridgehead atoms. The van der Waals surface area contributed by atoms with Gasteiger partial charge in [-0.1, -0.05) is 6.07 Å². The number of nitrogens with zero attached hydrogens (tertiary/aromatic N) is 5. The van der Waals surface area contributed by atoms with Gasteiger partial charge in [0.05, 0.1) is 11.4 Å². The summed E-state index contributed by atoms with van der Waals surface area (Å²) in [5, 5.41) is 7.86. The zero-order valence-electron chi connectivity index (χ0n) is 12.4. The first-order valence-corrected chi connectivity index (χ1v) is 8.10. The van der Waals surface area contributed by atoms with Crippen LogP contribution in [0.3, 0.4) is 0 Å². The maximum Gasteiger partial charge on any atom is 0.177 e. The summed E-state index contributed by atoms with van der Waals surface area (Å²) >= 11 is 1.68. The topological polar surface area (TPSA) is 56.0 Å². The number of pyridine rings is 1. The number of hydrogen-bond acceptors (Lipinski definition) is 5. The summed E-state index contributed by atoms with van der Waals surface area (Å²) in [6.07, 6.45) is 3.45. The average Bonchev–Trinajstić information content (AvgIpc) is 3.15. The van der Waals surface area contributed by atoms with Crippen LogP contribution in [0.4, 0.5) is 0 Å².